The van der Waals surface area contributed by atoms with Crippen LogP contribution in [0.3, 0.4) is 0 Å². The Morgan fingerprint density at radius 3 is 2.87 bits per heavy atom. The highest BCUT2D eigenvalue weighted by atomic mass is 15.2. The van der Waals surface area contributed by atoms with E-state index in [1.165, 1.54) is 6.42 Å². The summed E-state index contributed by atoms with van der Waals surface area (Å²) in [7, 11) is 0. The van der Waals surface area contributed by atoms with E-state index in [9.17, 15) is 0 Å². The van der Waals surface area contributed by atoms with Crippen LogP contribution in [0, 0.1) is 12.8 Å². The van der Waals surface area contributed by atoms with Gasteiger partial charge in [0.15, 0.2) is 0 Å². The molecular formula is C11H18N4. The average Bonchev–Trinajstić information content (AvgIpc) is 2.88. The first-order chi connectivity index (χ1) is 7.20. The van der Waals surface area contributed by atoms with Gasteiger partial charge in [-0.25, -0.2) is 4.98 Å². The van der Waals surface area contributed by atoms with Crippen molar-refractivity contribution in [3.05, 3.63) is 11.8 Å². The summed E-state index contributed by atoms with van der Waals surface area (Å²) < 4.78 is 0. The fraction of sp³-hybridized carbons (Fsp3) is 0.636. The Balaban J connectivity index is 2.10. The Morgan fingerprint density at radius 2 is 2.27 bits per heavy atom. The third kappa shape index (κ3) is 2.37. The maximum Gasteiger partial charge on any atom is 0.224 e. The molecule has 2 unspecified atom stereocenters. The van der Waals surface area contributed by atoms with Gasteiger partial charge in [0, 0.05) is 24.3 Å². The van der Waals surface area contributed by atoms with Crippen molar-refractivity contribution in [3.8, 4) is 0 Å². The van der Waals surface area contributed by atoms with E-state index >= 15 is 0 Å². The van der Waals surface area contributed by atoms with E-state index in [1.807, 2.05) is 20.0 Å². The van der Waals surface area contributed by atoms with Crippen molar-refractivity contribution in [2.75, 3.05) is 17.2 Å². The minimum Gasteiger partial charge on any atom is -0.367 e. The normalized spacial score (nSPS) is 23.7. The molecule has 1 aromatic heterocycles. The van der Waals surface area contributed by atoms with Crippen molar-refractivity contribution in [2.45, 2.75) is 33.2 Å². The maximum atomic E-state index is 4.44. The van der Waals surface area contributed by atoms with Gasteiger partial charge in [-0.15, -0.1) is 0 Å². The Bertz CT molecular complexity index is 350. The molecule has 4 nitrogen and oxygen atoms in total. The molecule has 1 heterocycles. The van der Waals surface area contributed by atoms with Crippen LogP contribution in [0.15, 0.2) is 6.20 Å². The summed E-state index contributed by atoms with van der Waals surface area (Å²) in [6, 6.07) is 0.605. The summed E-state index contributed by atoms with van der Waals surface area (Å²) in [6.45, 7) is 7.17. The summed E-state index contributed by atoms with van der Waals surface area (Å²) in [5.74, 6) is 2.45. The lowest BCUT2D eigenvalue weighted by Crippen LogP contribution is -2.10. The topological polar surface area (TPSA) is 49.8 Å². The number of aromatic nitrogens is 2. The molecule has 0 bridgehead atoms. The molecule has 0 aromatic carbocycles. The lowest BCUT2D eigenvalue weighted by atomic mass is 10.3. The van der Waals surface area contributed by atoms with Crippen LogP contribution in [0.2, 0.25) is 0 Å². The maximum absolute atomic E-state index is 4.44. The third-order valence-electron chi connectivity index (χ3n) is 2.74. The molecule has 4 heteroatoms. The van der Waals surface area contributed by atoms with E-state index in [-0.39, 0.29) is 0 Å². The molecule has 15 heavy (non-hydrogen) atoms. The molecule has 2 atom stereocenters. The lowest BCUT2D eigenvalue weighted by Gasteiger charge is -2.09. The zero-order valence-corrected chi connectivity index (χ0v) is 9.54. The van der Waals surface area contributed by atoms with E-state index < -0.39 is 0 Å². The SMILES string of the molecule is CCNc1ncc(C)c(NC2CC2C)n1. The second-order valence-electron chi connectivity index (χ2n) is 4.22. The van der Waals surface area contributed by atoms with Gasteiger partial charge in [0.25, 0.3) is 0 Å². The molecule has 0 aliphatic heterocycles. The number of nitrogens with one attached hydrogen (secondary N) is 2. The van der Waals surface area contributed by atoms with Crippen LogP contribution in [0.4, 0.5) is 11.8 Å². The van der Waals surface area contributed by atoms with Crippen molar-refractivity contribution in [1.29, 1.82) is 0 Å². The van der Waals surface area contributed by atoms with Gasteiger partial charge >= 0.3 is 0 Å². The molecular weight excluding hydrogens is 188 g/mol. The highest BCUT2D eigenvalue weighted by Crippen LogP contribution is 2.32. The van der Waals surface area contributed by atoms with Gasteiger partial charge in [0.2, 0.25) is 5.95 Å². The van der Waals surface area contributed by atoms with Crippen molar-refractivity contribution in [3.63, 3.8) is 0 Å². The van der Waals surface area contributed by atoms with E-state index in [1.54, 1.807) is 0 Å². The molecule has 0 saturated heterocycles. The van der Waals surface area contributed by atoms with Gasteiger partial charge in [-0.05, 0) is 26.2 Å². The number of aryl methyl sites for hydroxylation is 1. The highest BCUT2D eigenvalue weighted by Gasteiger charge is 2.32. The average molecular weight is 206 g/mol. The van der Waals surface area contributed by atoms with Crippen LogP contribution >= 0.6 is 0 Å². The smallest absolute Gasteiger partial charge is 0.224 e. The van der Waals surface area contributed by atoms with Crippen LogP contribution in [0.5, 0.6) is 0 Å². The second-order valence-corrected chi connectivity index (χ2v) is 4.22. The van der Waals surface area contributed by atoms with Crippen LogP contribution in [0.1, 0.15) is 25.8 Å². The van der Waals surface area contributed by atoms with Crippen molar-refractivity contribution in [2.24, 2.45) is 5.92 Å². The van der Waals surface area contributed by atoms with Crippen LogP contribution in [-0.2, 0) is 0 Å². The quantitative estimate of drug-likeness (QED) is 0.791. The molecule has 1 fully saturated rings. The number of nitrogens with zero attached hydrogens (tertiary/aromatic N) is 2. The number of hydrogen-bond acceptors (Lipinski definition) is 4. The van der Waals surface area contributed by atoms with Crippen LogP contribution < -0.4 is 10.6 Å². The Hall–Kier alpha value is -1.32. The van der Waals surface area contributed by atoms with Gasteiger partial charge in [0.1, 0.15) is 5.82 Å². The van der Waals surface area contributed by atoms with Crippen molar-refractivity contribution >= 4 is 11.8 Å². The van der Waals surface area contributed by atoms with E-state index in [4.69, 9.17) is 0 Å². The van der Waals surface area contributed by atoms with Gasteiger partial charge in [-0.1, -0.05) is 6.92 Å². The summed E-state index contributed by atoms with van der Waals surface area (Å²) >= 11 is 0. The molecule has 2 rings (SSSR count). The second kappa shape index (κ2) is 4.04. The van der Waals surface area contributed by atoms with E-state index in [0.717, 1.165) is 23.8 Å². The fourth-order valence-corrected chi connectivity index (χ4v) is 1.53. The summed E-state index contributed by atoms with van der Waals surface area (Å²) in [6.07, 6.45) is 3.11. The summed E-state index contributed by atoms with van der Waals surface area (Å²) in [4.78, 5) is 8.66. The third-order valence-corrected chi connectivity index (χ3v) is 2.74. The first kappa shape index (κ1) is 10.2. The molecule has 2 N–H and O–H groups in total. The van der Waals surface area contributed by atoms with Crippen molar-refractivity contribution in [1.82, 2.24) is 9.97 Å². The van der Waals surface area contributed by atoms with Gasteiger partial charge in [-0.2, -0.15) is 4.98 Å². The predicted octanol–water partition coefficient (Wildman–Crippen LogP) is 2.04. The molecule has 1 aromatic rings. The summed E-state index contributed by atoms with van der Waals surface area (Å²) in [5, 5.41) is 6.56. The Kier molecular flexibility index (Phi) is 2.75. The lowest BCUT2D eigenvalue weighted by molar-refractivity contribution is 0.918. The Labute approximate surface area is 90.5 Å². The van der Waals surface area contributed by atoms with Crippen LogP contribution in [-0.4, -0.2) is 22.6 Å². The minimum atomic E-state index is 0.605. The molecule has 82 valence electrons. The van der Waals surface area contributed by atoms with Gasteiger partial charge < -0.3 is 10.6 Å². The first-order valence-corrected chi connectivity index (χ1v) is 5.54. The molecule has 1 aliphatic rings. The van der Waals surface area contributed by atoms with Gasteiger partial charge in [0.05, 0.1) is 0 Å². The monoisotopic (exact) mass is 206 g/mol. The van der Waals surface area contributed by atoms with Crippen LogP contribution in [0.25, 0.3) is 0 Å². The largest absolute Gasteiger partial charge is 0.367 e. The van der Waals surface area contributed by atoms with E-state index in [0.29, 0.717) is 12.0 Å². The Morgan fingerprint density at radius 1 is 1.53 bits per heavy atom. The number of rotatable bonds is 4. The molecule has 0 radical (unpaired) electrons. The predicted molar refractivity (Wildman–Crippen MR) is 62.1 cm³/mol. The fourth-order valence-electron chi connectivity index (χ4n) is 1.53. The minimum absolute atomic E-state index is 0.605. The van der Waals surface area contributed by atoms with Gasteiger partial charge in [-0.3, -0.25) is 0 Å². The molecule has 1 aliphatic carbocycles. The zero-order chi connectivity index (χ0) is 10.8. The molecule has 0 spiro atoms. The standard InChI is InChI=1S/C11H18N4/c1-4-12-11-13-6-8(3)10(15-11)14-9-5-7(9)2/h6-7,9H,4-5H2,1-3H3,(H2,12,13,14,15). The van der Waals surface area contributed by atoms with E-state index in [2.05, 4.69) is 27.5 Å². The number of hydrogen-bond donors (Lipinski definition) is 2. The zero-order valence-electron chi connectivity index (χ0n) is 9.54. The molecule has 1 saturated carbocycles. The summed E-state index contributed by atoms with van der Waals surface area (Å²) in [5.41, 5.74) is 1.11. The highest BCUT2D eigenvalue weighted by molar-refractivity contribution is 5.48. The van der Waals surface area contributed by atoms with Crippen molar-refractivity contribution < 1.29 is 0 Å². The number of anilines is 2. The molecule has 0 amide bonds. The first-order valence-electron chi connectivity index (χ1n) is 5.54.